The first-order valence-electron chi connectivity index (χ1n) is 7.55. The Morgan fingerprint density at radius 2 is 1.82 bits per heavy atom. The number of ether oxygens (including phenoxy) is 1. The molecule has 1 aromatic carbocycles. The number of benzene rings is 1. The largest absolute Gasteiger partial charge is 0.494 e. The summed E-state index contributed by atoms with van der Waals surface area (Å²) in [6.07, 6.45) is 1.18. The summed E-state index contributed by atoms with van der Waals surface area (Å²) in [4.78, 5) is 2.45. The topological polar surface area (TPSA) is 24.5 Å². The van der Waals surface area contributed by atoms with E-state index in [4.69, 9.17) is 4.74 Å². The van der Waals surface area contributed by atoms with Crippen molar-refractivity contribution >= 4 is 40.7 Å². The fourth-order valence-corrected chi connectivity index (χ4v) is 2.58. The van der Waals surface area contributed by atoms with Crippen LogP contribution >= 0.6 is 40.7 Å². The monoisotopic (exact) mass is 414 g/mol. The van der Waals surface area contributed by atoms with Crippen molar-refractivity contribution in [1.29, 1.82) is 0 Å². The van der Waals surface area contributed by atoms with Crippen LogP contribution in [0.25, 0.3) is 0 Å². The fourth-order valence-electron chi connectivity index (χ4n) is 2.17. The van der Waals surface area contributed by atoms with Crippen molar-refractivity contribution in [2.75, 3.05) is 32.8 Å². The minimum absolute atomic E-state index is 0. The van der Waals surface area contributed by atoms with Gasteiger partial charge in [0.15, 0.2) is 0 Å². The van der Waals surface area contributed by atoms with E-state index in [-0.39, 0.29) is 24.8 Å². The summed E-state index contributed by atoms with van der Waals surface area (Å²) >= 11 is 3.52. The summed E-state index contributed by atoms with van der Waals surface area (Å²) in [5.41, 5.74) is 1.21. The van der Waals surface area contributed by atoms with Crippen LogP contribution in [0.4, 0.5) is 0 Å². The minimum Gasteiger partial charge on any atom is -0.494 e. The first-order valence-corrected chi connectivity index (χ1v) is 8.34. The van der Waals surface area contributed by atoms with Gasteiger partial charge in [-0.2, -0.15) is 0 Å². The van der Waals surface area contributed by atoms with Gasteiger partial charge in [-0.1, -0.05) is 29.8 Å². The average Bonchev–Trinajstić information content (AvgIpc) is 2.45. The van der Waals surface area contributed by atoms with Gasteiger partial charge in [0.2, 0.25) is 0 Å². The van der Waals surface area contributed by atoms with Gasteiger partial charge in [-0.15, -0.1) is 24.8 Å². The summed E-state index contributed by atoms with van der Waals surface area (Å²) in [6, 6.07) is 6.18. The molecule has 0 aliphatic carbocycles. The van der Waals surface area contributed by atoms with Crippen molar-refractivity contribution in [3.63, 3.8) is 0 Å². The normalized spacial score (nSPS) is 10.0. The van der Waals surface area contributed by atoms with Gasteiger partial charge in [0.05, 0.1) is 6.61 Å². The zero-order chi connectivity index (χ0) is 14.8. The Labute approximate surface area is 156 Å². The highest BCUT2D eigenvalue weighted by atomic mass is 79.9. The molecule has 0 saturated heterocycles. The van der Waals surface area contributed by atoms with Gasteiger partial charge in [0.1, 0.15) is 5.75 Å². The molecule has 22 heavy (non-hydrogen) atoms. The zero-order valence-electron chi connectivity index (χ0n) is 13.7. The van der Waals surface area contributed by atoms with Crippen LogP contribution in [0, 0.1) is 0 Å². The maximum absolute atomic E-state index is 5.65. The first-order chi connectivity index (χ1) is 9.71. The summed E-state index contributed by atoms with van der Waals surface area (Å²) in [5.74, 6) is 0.979. The first kappa shape index (κ1) is 24.3. The minimum atomic E-state index is 0. The van der Waals surface area contributed by atoms with Crippen molar-refractivity contribution in [1.82, 2.24) is 10.2 Å². The zero-order valence-corrected chi connectivity index (χ0v) is 17.0. The van der Waals surface area contributed by atoms with E-state index in [1.165, 1.54) is 12.0 Å². The van der Waals surface area contributed by atoms with Crippen LogP contribution in [0.5, 0.6) is 5.75 Å². The van der Waals surface area contributed by atoms with Crippen LogP contribution in [0.2, 0.25) is 0 Å². The third-order valence-electron chi connectivity index (χ3n) is 3.36. The van der Waals surface area contributed by atoms with Crippen molar-refractivity contribution < 1.29 is 4.74 Å². The molecule has 1 N–H and O–H groups in total. The molecule has 0 fully saturated rings. The summed E-state index contributed by atoms with van der Waals surface area (Å²) in [5, 5.41) is 3.50. The van der Waals surface area contributed by atoms with Crippen molar-refractivity contribution in [2.45, 2.75) is 33.7 Å². The molecule has 0 spiro atoms. The molecular formula is C16H29BrCl2N2O. The molecule has 0 aromatic heterocycles. The van der Waals surface area contributed by atoms with Gasteiger partial charge in [0, 0.05) is 16.6 Å². The molecule has 3 nitrogen and oxygen atoms in total. The predicted octanol–water partition coefficient (Wildman–Crippen LogP) is 4.51. The lowest BCUT2D eigenvalue weighted by molar-refractivity contribution is 0.297. The third kappa shape index (κ3) is 9.21. The smallest absolute Gasteiger partial charge is 0.123 e. The fraction of sp³-hybridized carbons (Fsp3) is 0.625. The molecule has 0 bridgehead atoms. The maximum Gasteiger partial charge on any atom is 0.123 e. The molecule has 1 aromatic rings. The van der Waals surface area contributed by atoms with E-state index in [0.29, 0.717) is 6.61 Å². The van der Waals surface area contributed by atoms with Crippen LogP contribution in [0.1, 0.15) is 32.8 Å². The molecule has 1 rings (SSSR count). The van der Waals surface area contributed by atoms with E-state index in [9.17, 15) is 0 Å². The van der Waals surface area contributed by atoms with Crippen LogP contribution in [0.3, 0.4) is 0 Å². The molecule has 0 aliphatic rings. The average molecular weight is 416 g/mol. The number of nitrogens with one attached hydrogen (secondary N) is 1. The highest BCUT2D eigenvalue weighted by Crippen LogP contribution is 2.23. The van der Waals surface area contributed by atoms with Gasteiger partial charge in [-0.05, 0) is 57.7 Å². The number of nitrogens with zero attached hydrogens (tertiary/aromatic N) is 1. The van der Waals surface area contributed by atoms with Crippen molar-refractivity contribution in [3.8, 4) is 5.75 Å². The molecule has 0 aliphatic heterocycles. The Hall–Kier alpha value is -0.000000000000000222. The SMILES string of the molecule is CCOc1ccc(Br)cc1CNCCCN(CC)CC.Cl.Cl. The van der Waals surface area contributed by atoms with Gasteiger partial charge < -0.3 is 15.0 Å². The summed E-state index contributed by atoms with van der Waals surface area (Å²) in [7, 11) is 0. The Bertz CT molecular complexity index is 390. The Morgan fingerprint density at radius 3 is 2.41 bits per heavy atom. The van der Waals surface area contributed by atoms with E-state index in [1.807, 2.05) is 19.1 Å². The predicted molar refractivity (Wildman–Crippen MR) is 104 cm³/mol. The van der Waals surface area contributed by atoms with Crippen molar-refractivity contribution in [2.24, 2.45) is 0 Å². The van der Waals surface area contributed by atoms with E-state index < -0.39 is 0 Å². The molecule has 0 radical (unpaired) electrons. The van der Waals surface area contributed by atoms with Gasteiger partial charge >= 0.3 is 0 Å². The lowest BCUT2D eigenvalue weighted by atomic mass is 10.2. The Balaban J connectivity index is 0. The van der Waals surface area contributed by atoms with E-state index in [2.05, 4.69) is 46.1 Å². The van der Waals surface area contributed by atoms with E-state index in [1.54, 1.807) is 0 Å². The van der Waals surface area contributed by atoms with Crippen LogP contribution in [0.15, 0.2) is 22.7 Å². The highest BCUT2D eigenvalue weighted by molar-refractivity contribution is 9.10. The van der Waals surface area contributed by atoms with Gasteiger partial charge in [-0.3, -0.25) is 0 Å². The molecule has 0 amide bonds. The Morgan fingerprint density at radius 1 is 1.14 bits per heavy atom. The highest BCUT2D eigenvalue weighted by Gasteiger charge is 2.04. The van der Waals surface area contributed by atoms with Crippen LogP contribution in [-0.2, 0) is 6.54 Å². The molecule has 130 valence electrons. The van der Waals surface area contributed by atoms with Crippen LogP contribution in [-0.4, -0.2) is 37.7 Å². The Kier molecular flexibility index (Phi) is 16.1. The summed E-state index contributed by atoms with van der Waals surface area (Å²) < 4.78 is 6.75. The molecule has 0 heterocycles. The van der Waals surface area contributed by atoms with E-state index in [0.717, 1.165) is 42.9 Å². The molecule has 0 atom stereocenters. The second-order valence-electron chi connectivity index (χ2n) is 4.74. The molecule has 0 saturated carbocycles. The molecule has 6 heteroatoms. The van der Waals surface area contributed by atoms with Crippen LogP contribution < -0.4 is 10.1 Å². The standard InChI is InChI=1S/C16H27BrN2O.2ClH/c1-4-19(5-2)11-7-10-18-13-14-12-15(17)8-9-16(14)20-6-3;;/h8-9,12,18H,4-7,10-11,13H2,1-3H3;2*1H. The summed E-state index contributed by atoms with van der Waals surface area (Å²) in [6.45, 7) is 12.5. The second-order valence-corrected chi connectivity index (χ2v) is 5.66. The lowest BCUT2D eigenvalue weighted by Crippen LogP contribution is -2.27. The maximum atomic E-state index is 5.65. The van der Waals surface area contributed by atoms with Gasteiger partial charge in [0.25, 0.3) is 0 Å². The molecular weight excluding hydrogens is 387 g/mol. The van der Waals surface area contributed by atoms with E-state index >= 15 is 0 Å². The number of hydrogen-bond acceptors (Lipinski definition) is 3. The van der Waals surface area contributed by atoms with Crippen molar-refractivity contribution in [3.05, 3.63) is 28.2 Å². The second kappa shape index (κ2) is 14.6. The number of rotatable bonds is 10. The number of halogens is 3. The third-order valence-corrected chi connectivity index (χ3v) is 3.85. The molecule has 0 unspecified atom stereocenters. The lowest BCUT2D eigenvalue weighted by Gasteiger charge is -2.18. The number of hydrogen-bond donors (Lipinski definition) is 1. The van der Waals surface area contributed by atoms with Gasteiger partial charge in [-0.25, -0.2) is 0 Å². The quantitative estimate of drug-likeness (QED) is 0.568.